The number of carbonyl (C=O) groups excluding carboxylic acids is 1. The van der Waals surface area contributed by atoms with Gasteiger partial charge in [-0.2, -0.15) is 0 Å². The van der Waals surface area contributed by atoms with E-state index in [9.17, 15) is 4.79 Å². The van der Waals surface area contributed by atoms with Crippen molar-refractivity contribution in [1.82, 2.24) is 9.88 Å². The number of hydrogen-bond donors (Lipinski definition) is 1. The van der Waals surface area contributed by atoms with E-state index in [2.05, 4.69) is 4.98 Å². The molecule has 6 nitrogen and oxygen atoms in total. The molecule has 2 aromatic heterocycles. The number of rotatable bonds is 2. The summed E-state index contributed by atoms with van der Waals surface area (Å²) >= 11 is 1.34. The van der Waals surface area contributed by atoms with Crippen LogP contribution in [0.15, 0.2) is 24.3 Å². The van der Waals surface area contributed by atoms with Crippen molar-refractivity contribution in [2.24, 2.45) is 0 Å². The summed E-state index contributed by atoms with van der Waals surface area (Å²) in [5.74, 6) is 0.712. The van der Waals surface area contributed by atoms with Crippen LogP contribution in [0.4, 0.5) is 5.69 Å². The first-order valence-electron chi connectivity index (χ1n) is 7.71. The number of hydrogen-bond acceptors (Lipinski definition) is 6. The van der Waals surface area contributed by atoms with E-state index in [1.807, 2.05) is 24.3 Å². The molecule has 1 fully saturated rings. The zero-order valence-electron chi connectivity index (χ0n) is 13.2. The van der Waals surface area contributed by atoms with Crippen LogP contribution in [0.2, 0.25) is 0 Å². The highest BCUT2D eigenvalue weighted by atomic mass is 32.1. The highest BCUT2D eigenvalue weighted by Crippen LogP contribution is 2.36. The molecule has 3 aromatic rings. The van der Waals surface area contributed by atoms with Gasteiger partial charge in [-0.15, -0.1) is 11.3 Å². The Balaban J connectivity index is 1.81. The minimum absolute atomic E-state index is 0.0413. The zero-order valence-corrected chi connectivity index (χ0v) is 14.1. The lowest BCUT2D eigenvalue weighted by Gasteiger charge is -2.26. The van der Waals surface area contributed by atoms with E-state index in [1.54, 1.807) is 12.0 Å². The summed E-state index contributed by atoms with van der Waals surface area (Å²) in [6.07, 6.45) is 0. The number of nitrogen functional groups attached to an aromatic ring is 1. The van der Waals surface area contributed by atoms with Gasteiger partial charge in [0.05, 0.1) is 31.5 Å². The molecule has 1 aliphatic heterocycles. The quantitative estimate of drug-likeness (QED) is 0.773. The molecule has 1 aromatic carbocycles. The van der Waals surface area contributed by atoms with Gasteiger partial charge in [0.15, 0.2) is 0 Å². The Labute approximate surface area is 142 Å². The molecule has 4 rings (SSSR count). The number of anilines is 1. The third-order valence-corrected chi connectivity index (χ3v) is 5.32. The van der Waals surface area contributed by atoms with Crippen molar-refractivity contribution < 1.29 is 14.3 Å². The molecule has 0 atom stereocenters. The summed E-state index contributed by atoms with van der Waals surface area (Å²) in [5, 5.41) is 1.80. The molecule has 0 radical (unpaired) electrons. The van der Waals surface area contributed by atoms with Gasteiger partial charge < -0.3 is 20.1 Å². The summed E-state index contributed by atoms with van der Waals surface area (Å²) in [5.41, 5.74) is 7.60. The van der Waals surface area contributed by atoms with Crippen molar-refractivity contribution in [1.29, 1.82) is 0 Å². The Morgan fingerprint density at radius 1 is 1.33 bits per heavy atom. The second-order valence-electron chi connectivity index (χ2n) is 5.65. The van der Waals surface area contributed by atoms with Crippen LogP contribution in [0, 0.1) is 0 Å². The van der Waals surface area contributed by atoms with E-state index in [1.165, 1.54) is 11.3 Å². The second-order valence-corrected chi connectivity index (χ2v) is 6.65. The molecule has 3 heterocycles. The highest BCUT2D eigenvalue weighted by Gasteiger charge is 2.24. The van der Waals surface area contributed by atoms with Crippen molar-refractivity contribution in [2.45, 2.75) is 0 Å². The van der Waals surface area contributed by atoms with Crippen LogP contribution in [0.5, 0.6) is 5.75 Å². The minimum Gasteiger partial charge on any atom is -0.497 e. The van der Waals surface area contributed by atoms with Crippen LogP contribution in [0.1, 0.15) is 9.67 Å². The van der Waals surface area contributed by atoms with Crippen molar-refractivity contribution in [2.75, 3.05) is 39.1 Å². The normalized spacial score (nSPS) is 15.1. The third-order valence-electron chi connectivity index (χ3n) is 4.22. The largest absolute Gasteiger partial charge is 0.497 e. The maximum Gasteiger partial charge on any atom is 0.266 e. The lowest BCUT2D eigenvalue weighted by atomic mass is 10.1. The van der Waals surface area contributed by atoms with Gasteiger partial charge in [0, 0.05) is 29.9 Å². The topological polar surface area (TPSA) is 77.7 Å². The number of methoxy groups -OCH3 is 1. The summed E-state index contributed by atoms with van der Waals surface area (Å²) in [6.45, 7) is 2.33. The van der Waals surface area contributed by atoms with Crippen molar-refractivity contribution in [3.63, 3.8) is 0 Å². The van der Waals surface area contributed by atoms with Gasteiger partial charge in [0.1, 0.15) is 15.5 Å². The van der Waals surface area contributed by atoms with E-state index in [-0.39, 0.29) is 5.91 Å². The maximum absolute atomic E-state index is 12.7. The van der Waals surface area contributed by atoms with Crippen LogP contribution in [-0.2, 0) is 4.74 Å². The van der Waals surface area contributed by atoms with E-state index < -0.39 is 0 Å². The fraction of sp³-hybridized carbons (Fsp3) is 0.294. The number of carbonyl (C=O) groups is 1. The molecule has 0 saturated carbocycles. The van der Waals surface area contributed by atoms with E-state index in [0.717, 1.165) is 26.9 Å². The van der Waals surface area contributed by atoms with E-state index >= 15 is 0 Å². The molecular formula is C17H17N3O3S. The van der Waals surface area contributed by atoms with Crippen LogP contribution < -0.4 is 10.5 Å². The predicted octanol–water partition coefficient (Wildman–Crippen LogP) is 2.51. The molecule has 0 unspecified atom stereocenters. The first-order valence-corrected chi connectivity index (χ1v) is 8.53. The Bertz CT molecular complexity index is 932. The number of pyridine rings is 1. The van der Waals surface area contributed by atoms with Crippen molar-refractivity contribution in [3.8, 4) is 5.75 Å². The molecule has 1 aliphatic rings. The number of benzene rings is 1. The SMILES string of the molecule is COc1ccc2cc3c(N)c(C(=O)N4CCOCC4)sc3nc2c1. The Morgan fingerprint density at radius 2 is 2.12 bits per heavy atom. The molecular weight excluding hydrogens is 326 g/mol. The first-order chi connectivity index (χ1) is 11.7. The summed E-state index contributed by atoms with van der Waals surface area (Å²) < 4.78 is 10.6. The minimum atomic E-state index is -0.0413. The first kappa shape index (κ1) is 15.2. The fourth-order valence-electron chi connectivity index (χ4n) is 2.87. The summed E-state index contributed by atoms with van der Waals surface area (Å²) in [4.78, 5) is 20.5. The van der Waals surface area contributed by atoms with Gasteiger partial charge in [-0.25, -0.2) is 4.98 Å². The average Bonchev–Trinajstić information content (AvgIpc) is 2.95. The van der Waals surface area contributed by atoms with Crippen molar-refractivity contribution in [3.05, 3.63) is 29.1 Å². The van der Waals surface area contributed by atoms with Gasteiger partial charge >= 0.3 is 0 Å². The van der Waals surface area contributed by atoms with Gasteiger partial charge in [-0.1, -0.05) is 0 Å². The van der Waals surface area contributed by atoms with E-state index in [4.69, 9.17) is 15.2 Å². The van der Waals surface area contributed by atoms with Gasteiger partial charge in [-0.05, 0) is 18.2 Å². The number of thiophene rings is 1. The molecule has 1 saturated heterocycles. The van der Waals surface area contributed by atoms with Gasteiger partial charge in [-0.3, -0.25) is 4.79 Å². The highest BCUT2D eigenvalue weighted by molar-refractivity contribution is 7.21. The number of aromatic nitrogens is 1. The van der Waals surface area contributed by atoms with Crippen molar-refractivity contribution >= 4 is 44.1 Å². The molecule has 24 heavy (non-hydrogen) atoms. The lowest BCUT2D eigenvalue weighted by molar-refractivity contribution is 0.0307. The second kappa shape index (κ2) is 5.92. The van der Waals surface area contributed by atoms with Crippen LogP contribution >= 0.6 is 11.3 Å². The molecule has 0 bridgehead atoms. The predicted molar refractivity (Wildman–Crippen MR) is 94.8 cm³/mol. The Kier molecular flexibility index (Phi) is 3.74. The van der Waals surface area contributed by atoms with Crippen LogP contribution in [0.3, 0.4) is 0 Å². The van der Waals surface area contributed by atoms with Gasteiger partial charge in [0.25, 0.3) is 5.91 Å². The smallest absolute Gasteiger partial charge is 0.266 e. The van der Waals surface area contributed by atoms with Crippen LogP contribution in [-0.4, -0.2) is 49.2 Å². The van der Waals surface area contributed by atoms with Gasteiger partial charge in [0.2, 0.25) is 0 Å². The fourth-order valence-corrected chi connectivity index (χ4v) is 3.92. The zero-order chi connectivity index (χ0) is 16.7. The Morgan fingerprint density at radius 3 is 2.88 bits per heavy atom. The number of fused-ring (bicyclic) bond motifs is 2. The molecule has 0 spiro atoms. The molecule has 7 heteroatoms. The summed E-state index contributed by atoms with van der Waals surface area (Å²) in [6, 6.07) is 7.70. The summed E-state index contributed by atoms with van der Waals surface area (Å²) in [7, 11) is 1.63. The monoisotopic (exact) mass is 343 g/mol. The average molecular weight is 343 g/mol. The molecule has 2 N–H and O–H groups in total. The number of ether oxygens (including phenoxy) is 2. The number of nitrogens with two attached hydrogens (primary N) is 1. The molecule has 1 amide bonds. The number of morpholine rings is 1. The number of amides is 1. The maximum atomic E-state index is 12.7. The standard InChI is InChI=1S/C17H17N3O3S/c1-22-11-3-2-10-8-12-14(18)15(24-16(12)19-13(10)9-11)17(21)20-4-6-23-7-5-20/h2-3,8-9H,4-7,18H2,1H3. The van der Waals surface area contributed by atoms with Crippen LogP contribution in [0.25, 0.3) is 21.1 Å². The number of nitrogens with zero attached hydrogens (tertiary/aromatic N) is 2. The third kappa shape index (κ3) is 2.46. The molecule has 0 aliphatic carbocycles. The lowest BCUT2D eigenvalue weighted by Crippen LogP contribution is -2.40. The Hall–Kier alpha value is -2.38. The van der Waals surface area contributed by atoms with E-state index in [0.29, 0.717) is 36.9 Å². The molecule has 124 valence electrons.